The minimum Gasteiger partial charge on any atom is -0.480 e. The van der Waals surface area contributed by atoms with E-state index in [1.165, 1.54) is 0 Å². The first-order valence-corrected chi connectivity index (χ1v) is 10.1. The Morgan fingerprint density at radius 2 is 1.31 bits per heavy atom. The molecule has 4 amide bonds. The molecule has 13 heteroatoms. The monoisotopic (exact) mass is 451 g/mol. The third-order valence-electron chi connectivity index (χ3n) is 3.71. The van der Waals surface area contributed by atoms with Gasteiger partial charge >= 0.3 is 5.97 Å². The van der Waals surface area contributed by atoms with E-state index in [1.54, 1.807) is 0 Å². The van der Waals surface area contributed by atoms with Crippen LogP contribution in [0.25, 0.3) is 0 Å². The number of nitrogens with one attached hydrogen (secondary N) is 3. The molecule has 4 unspecified atom stereocenters. The molecule has 0 radical (unpaired) electrons. The molecule has 0 aromatic carbocycles. The van der Waals surface area contributed by atoms with Crippen molar-refractivity contribution in [2.24, 2.45) is 17.4 Å². The first kappa shape index (κ1) is 27.0. The van der Waals surface area contributed by atoms with Crippen molar-refractivity contribution < 1.29 is 29.1 Å². The number of hydrogen-bond donors (Lipinski definition) is 8. The molecule has 0 aliphatic rings. The van der Waals surface area contributed by atoms with Gasteiger partial charge in [-0.05, 0) is 12.3 Å². The maximum atomic E-state index is 12.6. The predicted octanol–water partition coefficient (Wildman–Crippen LogP) is -2.37. The van der Waals surface area contributed by atoms with E-state index in [-0.39, 0.29) is 30.3 Å². The van der Waals surface area contributed by atoms with Crippen molar-refractivity contribution in [3.8, 4) is 0 Å². The van der Waals surface area contributed by atoms with Gasteiger partial charge < -0.3 is 32.5 Å². The van der Waals surface area contributed by atoms with Gasteiger partial charge in [-0.25, -0.2) is 4.79 Å². The molecule has 0 heterocycles. The van der Waals surface area contributed by atoms with E-state index in [2.05, 4.69) is 41.2 Å². The summed E-state index contributed by atoms with van der Waals surface area (Å²) in [7, 11) is 0. The number of aliphatic carboxylic acids is 1. The second kappa shape index (κ2) is 13.3. The van der Waals surface area contributed by atoms with Crippen LogP contribution in [0.4, 0.5) is 0 Å². The lowest BCUT2D eigenvalue weighted by atomic mass is 10.0. The summed E-state index contributed by atoms with van der Waals surface area (Å²) in [5, 5.41) is 16.1. The van der Waals surface area contributed by atoms with Crippen LogP contribution in [0.5, 0.6) is 0 Å². The Bertz CT molecular complexity index is 619. The highest BCUT2D eigenvalue weighted by Crippen LogP contribution is 2.07. The average molecular weight is 452 g/mol. The van der Waals surface area contributed by atoms with Gasteiger partial charge in [0.05, 0.1) is 12.5 Å². The second-order valence-electron chi connectivity index (χ2n) is 6.79. The summed E-state index contributed by atoms with van der Waals surface area (Å²) in [5.41, 5.74) is 10.6. The predicted molar refractivity (Wildman–Crippen MR) is 112 cm³/mol. The molecule has 166 valence electrons. The van der Waals surface area contributed by atoms with Crippen LogP contribution in [0.3, 0.4) is 0 Å². The number of carboxylic acids is 1. The van der Waals surface area contributed by atoms with E-state index in [1.807, 2.05) is 13.8 Å². The van der Waals surface area contributed by atoms with Gasteiger partial charge in [0.1, 0.15) is 18.1 Å². The van der Waals surface area contributed by atoms with Crippen LogP contribution in [-0.4, -0.2) is 70.4 Å². The number of carbonyl (C=O) groups excluding carboxylic acids is 4. The minimum absolute atomic E-state index is 0.00210. The van der Waals surface area contributed by atoms with Crippen LogP contribution in [-0.2, 0) is 24.0 Å². The average Bonchev–Trinajstić information content (AvgIpc) is 2.61. The molecule has 0 aromatic rings. The third-order valence-corrected chi connectivity index (χ3v) is 4.44. The lowest BCUT2D eigenvalue weighted by molar-refractivity contribution is -0.141. The van der Waals surface area contributed by atoms with Crippen LogP contribution in [0, 0.1) is 5.92 Å². The molecule has 0 fully saturated rings. The molecule has 11 nitrogen and oxygen atoms in total. The molecule has 0 aliphatic heterocycles. The van der Waals surface area contributed by atoms with E-state index >= 15 is 0 Å². The second-order valence-corrected chi connectivity index (χ2v) is 7.52. The van der Waals surface area contributed by atoms with Gasteiger partial charge in [0.2, 0.25) is 23.6 Å². The topological polar surface area (TPSA) is 194 Å². The Labute approximate surface area is 179 Å². The number of primary amides is 1. The number of thiol groups is 2. The number of nitrogens with two attached hydrogens (primary N) is 2. The molecule has 0 saturated carbocycles. The Kier molecular flexibility index (Phi) is 12.4. The zero-order valence-corrected chi connectivity index (χ0v) is 18.0. The van der Waals surface area contributed by atoms with Gasteiger partial charge in [-0.15, -0.1) is 0 Å². The Morgan fingerprint density at radius 3 is 1.72 bits per heavy atom. The van der Waals surface area contributed by atoms with Crippen molar-refractivity contribution in [3.63, 3.8) is 0 Å². The molecule has 8 N–H and O–H groups in total. The molecular weight excluding hydrogens is 422 g/mol. The van der Waals surface area contributed by atoms with Gasteiger partial charge in [0.25, 0.3) is 0 Å². The number of carboxylic acid groups (broad SMARTS) is 1. The van der Waals surface area contributed by atoms with Crippen LogP contribution in [0.2, 0.25) is 0 Å². The summed E-state index contributed by atoms with van der Waals surface area (Å²) in [6, 6.07) is -4.62. The van der Waals surface area contributed by atoms with E-state index in [9.17, 15) is 24.0 Å². The molecule has 0 aromatic heterocycles. The van der Waals surface area contributed by atoms with E-state index in [0.717, 1.165) is 0 Å². The summed E-state index contributed by atoms with van der Waals surface area (Å²) in [6.45, 7) is 3.64. The Morgan fingerprint density at radius 1 is 0.862 bits per heavy atom. The molecule has 4 atom stereocenters. The van der Waals surface area contributed by atoms with Crippen molar-refractivity contribution in [1.82, 2.24) is 16.0 Å². The lowest BCUT2D eigenvalue weighted by Crippen LogP contribution is -2.58. The molecular formula is C16H29N5O6S2. The first-order chi connectivity index (χ1) is 13.4. The fraction of sp³-hybridized carbons (Fsp3) is 0.688. The molecule has 0 bridgehead atoms. The number of carbonyl (C=O) groups is 5. The summed E-state index contributed by atoms with van der Waals surface area (Å²) in [4.78, 5) is 58.9. The summed E-state index contributed by atoms with van der Waals surface area (Å²) < 4.78 is 0. The summed E-state index contributed by atoms with van der Waals surface area (Å²) >= 11 is 7.86. The largest absolute Gasteiger partial charge is 0.480 e. The third kappa shape index (κ3) is 10.4. The highest BCUT2D eigenvalue weighted by atomic mass is 32.1. The normalized spacial score (nSPS) is 15.0. The minimum atomic E-state index is -1.27. The summed E-state index contributed by atoms with van der Waals surface area (Å²) in [6.07, 6.45) is -0.153. The maximum absolute atomic E-state index is 12.6. The lowest BCUT2D eigenvalue weighted by Gasteiger charge is -2.25. The Hall–Kier alpha value is -1.99. The Balaban J connectivity index is 5.17. The van der Waals surface area contributed by atoms with E-state index in [0.29, 0.717) is 0 Å². The highest BCUT2D eigenvalue weighted by Gasteiger charge is 2.30. The zero-order chi connectivity index (χ0) is 22.7. The number of hydrogen-bond acceptors (Lipinski definition) is 8. The van der Waals surface area contributed by atoms with E-state index < -0.39 is 53.8 Å². The van der Waals surface area contributed by atoms with E-state index in [4.69, 9.17) is 16.6 Å². The molecule has 0 spiro atoms. The van der Waals surface area contributed by atoms with Gasteiger partial charge in [-0.1, -0.05) is 13.8 Å². The number of amides is 4. The maximum Gasteiger partial charge on any atom is 0.327 e. The van der Waals surface area contributed by atoms with Crippen molar-refractivity contribution in [3.05, 3.63) is 0 Å². The van der Waals surface area contributed by atoms with Gasteiger partial charge in [0.15, 0.2) is 0 Å². The summed E-state index contributed by atoms with van der Waals surface area (Å²) in [5.74, 6) is -4.45. The smallest absolute Gasteiger partial charge is 0.327 e. The van der Waals surface area contributed by atoms with Crippen LogP contribution in [0.15, 0.2) is 0 Å². The van der Waals surface area contributed by atoms with Crippen molar-refractivity contribution >= 4 is 54.9 Å². The fourth-order valence-corrected chi connectivity index (χ4v) is 2.72. The molecule has 0 saturated heterocycles. The number of rotatable bonds is 13. The molecule has 29 heavy (non-hydrogen) atoms. The van der Waals surface area contributed by atoms with Crippen LogP contribution >= 0.6 is 25.3 Å². The molecule has 0 rings (SSSR count). The van der Waals surface area contributed by atoms with Crippen LogP contribution < -0.4 is 27.4 Å². The van der Waals surface area contributed by atoms with Crippen LogP contribution in [0.1, 0.15) is 26.7 Å². The fourth-order valence-electron chi connectivity index (χ4n) is 2.22. The van der Waals surface area contributed by atoms with Crippen molar-refractivity contribution in [2.45, 2.75) is 50.9 Å². The zero-order valence-electron chi connectivity index (χ0n) is 16.3. The quantitative estimate of drug-likeness (QED) is 0.143. The van der Waals surface area contributed by atoms with Gasteiger partial charge in [0, 0.05) is 11.5 Å². The van der Waals surface area contributed by atoms with Crippen molar-refractivity contribution in [1.29, 1.82) is 0 Å². The first-order valence-electron chi connectivity index (χ1n) is 8.82. The standard InChI is InChI=1S/C16H29N5O6S2/c1-7(2)3-9(19-13(23)8(17)4-12(18)22)14(24)20-10(5-28)15(25)21-11(6-29)16(26)27/h7-11,28-29H,3-6,17H2,1-2H3,(H2,18,22)(H,19,23)(H,20,24)(H,21,25)(H,26,27). The van der Waals surface area contributed by atoms with Gasteiger partial charge in [-0.3, -0.25) is 19.2 Å². The molecule has 0 aliphatic carbocycles. The van der Waals surface area contributed by atoms with Crippen molar-refractivity contribution in [2.75, 3.05) is 11.5 Å². The SMILES string of the molecule is CC(C)CC(NC(=O)C(N)CC(N)=O)C(=O)NC(CS)C(=O)NC(CS)C(=O)O. The van der Waals surface area contributed by atoms with Gasteiger partial charge in [-0.2, -0.15) is 25.3 Å². The highest BCUT2D eigenvalue weighted by molar-refractivity contribution is 7.80.